The van der Waals surface area contributed by atoms with Gasteiger partial charge in [-0.2, -0.15) is 13.2 Å². The average Bonchev–Trinajstić information content (AvgIpc) is 2.27. The Morgan fingerprint density at radius 3 is 2.24 bits per heavy atom. The van der Waals surface area contributed by atoms with Gasteiger partial charge in [0.1, 0.15) is 5.92 Å². The molecule has 1 N–H and O–H groups in total. The van der Waals surface area contributed by atoms with E-state index >= 15 is 0 Å². The van der Waals surface area contributed by atoms with Crippen LogP contribution in [-0.2, 0) is 0 Å². The van der Waals surface area contributed by atoms with Crippen LogP contribution >= 0.6 is 0 Å². The molecule has 0 radical (unpaired) electrons. The van der Waals surface area contributed by atoms with Crippen LogP contribution < -0.4 is 0 Å². The lowest BCUT2D eigenvalue weighted by molar-refractivity contribution is -0.178. The summed E-state index contributed by atoms with van der Waals surface area (Å²) >= 11 is 0. The number of aliphatic hydroxyl groups excluding tert-OH is 1. The summed E-state index contributed by atoms with van der Waals surface area (Å²) in [5.74, 6) is -1.94. The molecule has 0 saturated heterocycles. The number of benzene rings is 1. The van der Waals surface area contributed by atoms with Gasteiger partial charge in [0.2, 0.25) is 0 Å². The van der Waals surface area contributed by atoms with Gasteiger partial charge in [0, 0.05) is 0 Å². The van der Waals surface area contributed by atoms with E-state index in [9.17, 15) is 18.3 Å². The lowest BCUT2D eigenvalue weighted by Crippen LogP contribution is -2.31. The molecule has 0 bridgehead atoms. The molecule has 0 aliphatic carbocycles. The summed E-state index contributed by atoms with van der Waals surface area (Å²) < 4.78 is 37.3. The normalized spacial score (nSPS) is 15.8. The van der Waals surface area contributed by atoms with Crippen molar-refractivity contribution in [3.8, 4) is 0 Å². The Hall–Kier alpha value is -1.55. The van der Waals surface area contributed by atoms with E-state index in [0.29, 0.717) is 6.08 Å². The number of hydrogen-bond acceptors (Lipinski definition) is 1. The molecular weight excluding hydrogens is 229 g/mol. The number of aliphatic hydroxyl groups is 1. The van der Waals surface area contributed by atoms with Gasteiger partial charge in [-0.3, -0.25) is 0 Å². The van der Waals surface area contributed by atoms with Gasteiger partial charge in [-0.15, -0.1) is 6.58 Å². The number of alkyl halides is 3. The first kappa shape index (κ1) is 13.5. The molecule has 0 aliphatic rings. The molecule has 0 aromatic heterocycles. The van der Waals surface area contributed by atoms with Gasteiger partial charge in [0.25, 0.3) is 0 Å². The van der Waals surface area contributed by atoms with Crippen LogP contribution in [0.5, 0.6) is 0 Å². The molecule has 1 aromatic rings. The van der Waals surface area contributed by atoms with Gasteiger partial charge in [-0.05, 0) is 5.56 Å². The molecule has 92 valence electrons. The molecule has 0 aliphatic heterocycles. The summed E-state index contributed by atoms with van der Waals surface area (Å²) in [4.78, 5) is 0. The van der Waals surface area contributed by atoms with Crippen LogP contribution in [0, 0.1) is 5.92 Å². The zero-order valence-corrected chi connectivity index (χ0v) is 9.06. The third kappa shape index (κ3) is 4.07. The molecule has 1 rings (SSSR count). The molecule has 1 aromatic carbocycles. The minimum absolute atomic E-state index is 0.708. The molecule has 17 heavy (non-hydrogen) atoms. The maximum atomic E-state index is 12.4. The molecule has 1 nitrogen and oxygen atoms in total. The van der Waals surface area contributed by atoms with Crippen LogP contribution in [0.4, 0.5) is 13.2 Å². The fourth-order valence-corrected chi connectivity index (χ4v) is 1.36. The van der Waals surface area contributed by atoms with Crippen LogP contribution in [0.2, 0.25) is 0 Å². The molecule has 4 heteroatoms. The third-order valence-electron chi connectivity index (χ3n) is 2.29. The topological polar surface area (TPSA) is 20.2 Å². The van der Waals surface area contributed by atoms with Crippen LogP contribution in [0.3, 0.4) is 0 Å². The second kappa shape index (κ2) is 5.68. The predicted molar refractivity (Wildman–Crippen MR) is 61.2 cm³/mol. The predicted octanol–water partition coefficient (Wildman–Crippen LogP) is 3.43. The van der Waals surface area contributed by atoms with Crippen molar-refractivity contribution in [1.29, 1.82) is 0 Å². The van der Waals surface area contributed by atoms with E-state index in [0.717, 1.165) is 11.6 Å². The van der Waals surface area contributed by atoms with Crippen molar-refractivity contribution in [1.82, 2.24) is 0 Å². The maximum absolute atomic E-state index is 12.4. The Morgan fingerprint density at radius 2 is 1.76 bits per heavy atom. The van der Waals surface area contributed by atoms with Crippen LogP contribution in [0.15, 0.2) is 49.1 Å². The monoisotopic (exact) mass is 242 g/mol. The maximum Gasteiger partial charge on any atom is 0.397 e. The van der Waals surface area contributed by atoms with Gasteiger partial charge in [-0.25, -0.2) is 0 Å². The lowest BCUT2D eigenvalue weighted by Gasteiger charge is -2.19. The molecule has 0 spiro atoms. The second-order valence-electron chi connectivity index (χ2n) is 3.56. The van der Waals surface area contributed by atoms with Gasteiger partial charge >= 0.3 is 6.18 Å². The molecule has 2 atom stereocenters. The van der Waals surface area contributed by atoms with Crippen molar-refractivity contribution < 1.29 is 18.3 Å². The summed E-state index contributed by atoms with van der Waals surface area (Å²) in [6, 6.07) is 8.80. The number of halogens is 3. The van der Waals surface area contributed by atoms with Crippen molar-refractivity contribution in [2.24, 2.45) is 5.92 Å². The van der Waals surface area contributed by atoms with E-state index in [4.69, 9.17) is 0 Å². The fraction of sp³-hybridized carbons (Fsp3) is 0.231. The van der Waals surface area contributed by atoms with E-state index in [1.807, 2.05) is 0 Å². The Bertz CT molecular complexity index is 381. The van der Waals surface area contributed by atoms with E-state index < -0.39 is 18.2 Å². The van der Waals surface area contributed by atoms with Gasteiger partial charge in [-0.1, -0.05) is 48.6 Å². The third-order valence-corrected chi connectivity index (χ3v) is 2.29. The Labute approximate surface area is 97.9 Å². The van der Waals surface area contributed by atoms with Crippen molar-refractivity contribution in [2.45, 2.75) is 12.3 Å². The molecule has 0 amide bonds. The highest BCUT2D eigenvalue weighted by atomic mass is 19.4. The van der Waals surface area contributed by atoms with Crippen LogP contribution in [0.1, 0.15) is 5.56 Å². The number of rotatable bonds is 4. The molecule has 0 saturated carbocycles. The summed E-state index contributed by atoms with van der Waals surface area (Å²) in [5.41, 5.74) is 0.733. The molecule has 0 unspecified atom stereocenters. The quantitative estimate of drug-likeness (QED) is 0.802. The lowest BCUT2D eigenvalue weighted by atomic mass is 10.0. The Balaban J connectivity index is 2.74. The largest absolute Gasteiger partial charge is 0.397 e. The first-order valence-electron chi connectivity index (χ1n) is 5.05. The highest BCUT2D eigenvalue weighted by molar-refractivity contribution is 5.49. The zero-order chi connectivity index (χ0) is 12.9. The van der Waals surface area contributed by atoms with E-state index in [2.05, 4.69) is 6.58 Å². The van der Waals surface area contributed by atoms with Crippen molar-refractivity contribution >= 4 is 6.08 Å². The zero-order valence-electron chi connectivity index (χ0n) is 9.06. The average molecular weight is 242 g/mol. The summed E-state index contributed by atoms with van der Waals surface area (Å²) in [7, 11) is 0. The summed E-state index contributed by atoms with van der Waals surface area (Å²) in [5, 5.41) is 9.43. The molecular formula is C13H13F3O. The van der Waals surface area contributed by atoms with Crippen molar-refractivity contribution in [3.05, 3.63) is 54.6 Å². The summed E-state index contributed by atoms with van der Waals surface area (Å²) in [6.07, 6.45) is -2.82. The Morgan fingerprint density at radius 1 is 1.18 bits per heavy atom. The van der Waals surface area contributed by atoms with Gasteiger partial charge < -0.3 is 5.11 Å². The highest BCUT2D eigenvalue weighted by Crippen LogP contribution is 2.30. The van der Waals surface area contributed by atoms with E-state index in [-0.39, 0.29) is 0 Å². The highest BCUT2D eigenvalue weighted by Gasteiger charge is 2.41. The molecule has 0 fully saturated rings. The van der Waals surface area contributed by atoms with Crippen molar-refractivity contribution in [3.63, 3.8) is 0 Å². The van der Waals surface area contributed by atoms with E-state index in [1.54, 1.807) is 30.3 Å². The smallest absolute Gasteiger partial charge is 0.388 e. The van der Waals surface area contributed by atoms with Crippen LogP contribution in [0.25, 0.3) is 6.08 Å². The minimum atomic E-state index is -4.48. The molecule has 0 heterocycles. The van der Waals surface area contributed by atoms with Crippen LogP contribution in [-0.4, -0.2) is 17.4 Å². The standard InChI is InChI=1S/C13H13F3O/c1-2-11(13(14,15)16)12(17)9-8-10-6-4-3-5-7-10/h2-9,11-12,17H,1H2/b9-8+/t11-,12+/m1/s1. The minimum Gasteiger partial charge on any atom is -0.388 e. The van der Waals surface area contributed by atoms with Gasteiger partial charge in [0.15, 0.2) is 0 Å². The van der Waals surface area contributed by atoms with Gasteiger partial charge in [0.05, 0.1) is 6.10 Å². The second-order valence-corrected chi connectivity index (χ2v) is 3.56. The summed E-state index contributed by atoms with van der Waals surface area (Å²) in [6.45, 7) is 3.09. The SMILES string of the molecule is C=C[C@H]([C@@H](O)/C=C/c1ccccc1)C(F)(F)F. The van der Waals surface area contributed by atoms with Crippen molar-refractivity contribution in [2.75, 3.05) is 0 Å². The Kier molecular flexibility index (Phi) is 4.52. The van der Waals surface area contributed by atoms with E-state index in [1.165, 1.54) is 6.08 Å². The number of hydrogen-bond donors (Lipinski definition) is 1. The fourth-order valence-electron chi connectivity index (χ4n) is 1.36. The first-order chi connectivity index (χ1) is 7.95. The first-order valence-corrected chi connectivity index (χ1v) is 5.05.